The summed E-state index contributed by atoms with van der Waals surface area (Å²) in [6, 6.07) is 1.33. The van der Waals surface area contributed by atoms with Gasteiger partial charge in [0.2, 0.25) is 11.2 Å². The number of rotatable bonds is 3. The normalized spacial score (nSPS) is 11.2. The van der Waals surface area contributed by atoms with Gasteiger partial charge in [0.1, 0.15) is 5.82 Å². The molecule has 0 unspecified atom stereocenters. The topological polar surface area (TPSA) is 54.9 Å². The van der Waals surface area contributed by atoms with Crippen LogP contribution in [-0.4, -0.2) is 22.1 Å². The Balaban J connectivity index is 2.46. The van der Waals surface area contributed by atoms with Crippen molar-refractivity contribution in [1.82, 2.24) is 9.97 Å². The lowest BCUT2D eigenvalue weighted by Crippen LogP contribution is -2.17. The fraction of sp³-hybridized carbons (Fsp3) is 0.375. The molecule has 0 bridgehead atoms. The van der Waals surface area contributed by atoms with Gasteiger partial charge < -0.3 is 5.32 Å². The fourth-order valence-corrected chi connectivity index (χ4v) is 1.01. The molecule has 1 rings (SSSR count). The zero-order chi connectivity index (χ0) is 12.2. The van der Waals surface area contributed by atoms with Gasteiger partial charge in [-0.1, -0.05) is 0 Å². The number of nitrogens with zero attached hydrogens (tertiary/aromatic N) is 2. The summed E-state index contributed by atoms with van der Waals surface area (Å²) in [6.07, 6.45) is -4.88. The van der Waals surface area contributed by atoms with Crippen LogP contribution in [0.25, 0.3) is 0 Å². The highest BCUT2D eigenvalue weighted by Gasteiger charge is 2.27. The first-order valence-electron chi connectivity index (χ1n) is 4.22. The van der Waals surface area contributed by atoms with Crippen LogP contribution >= 0.6 is 11.6 Å². The summed E-state index contributed by atoms with van der Waals surface area (Å²) in [6.45, 7) is 0. The van der Waals surface area contributed by atoms with Crippen LogP contribution in [0.4, 0.5) is 19.0 Å². The molecule has 0 saturated heterocycles. The fourth-order valence-electron chi connectivity index (χ4n) is 0.865. The number of hydrogen-bond donors (Lipinski definition) is 1. The standard InChI is InChI=1S/C8H7ClF3N3O/c9-7-13-4-2-5(15-7)14-6(16)1-3-8(10,11)12/h2,4H,1,3H2,(H,13,14,15,16). The average molecular weight is 254 g/mol. The van der Waals surface area contributed by atoms with E-state index in [0.717, 1.165) is 0 Å². The predicted molar refractivity (Wildman–Crippen MR) is 51.0 cm³/mol. The Kier molecular flexibility index (Phi) is 4.05. The maximum atomic E-state index is 11.8. The van der Waals surface area contributed by atoms with E-state index in [1.54, 1.807) is 0 Å². The van der Waals surface area contributed by atoms with Gasteiger partial charge in [-0.15, -0.1) is 0 Å². The Morgan fingerprint density at radius 3 is 2.75 bits per heavy atom. The van der Waals surface area contributed by atoms with Gasteiger partial charge in [0.15, 0.2) is 0 Å². The lowest BCUT2D eigenvalue weighted by Gasteiger charge is -2.06. The van der Waals surface area contributed by atoms with E-state index in [9.17, 15) is 18.0 Å². The molecule has 16 heavy (non-hydrogen) atoms. The minimum atomic E-state index is -4.35. The first-order valence-corrected chi connectivity index (χ1v) is 4.60. The number of alkyl halides is 3. The van der Waals surface area contributed by atoms with Gasteiger partial charge >= 0.3 is 6.18 Å². The van der Waals surface area contributed by atoms with Crippen molar-refractivity contribution in [2.75, 3.05) is 5.32 Å². The second-order valence-corrected chi connectivity index (χ2v) is 3.21. The molecule has 1 aromatic heterocycles. The third-order valence-electron chi connectivity index (χ3n) is 1.53. The number of nitrogens with one attached hydrogen (secondary N) is 1. The number of halogens is 4. The van der Waals surface area contributed by atoms with E-state index in [1.807, 2.05) is 0 Å². The highest BCUT2D eigenvalue weighted by molar-refractivity contribution is 6.28. The molecule has 88 valence electrons. The molecule has 1 heterocycles. The van der Waals surface area contributed by atoms with Gasteiger partial charge in [-0.05, 0) is 17.7 Å². The van der Waals surface area contributed by atoms with Crippen molar-refractivity contribution in [3.8, 4) is 0 Å². The van der Waals surface area contributed by atoms with E-state index in [2.05, 4.69) is 15.3 Å². The van der Waals surface area contributed by atoms with Crippen molar-refractivity contribution in [2.24, 2.45) is 0 Å². The molecule has 0 radical (unpaired) electrons. The zero-order valence-corrected chi connectivity index (χ0v) is 8.64. The van der Waals surface area contributed by atoms with E-state index in [1.165, 1.54) is 12.3 Å². The minimum Gasteiger partial charge on any atom is -0.311 e. The van der Waals surface area contributed by atoms with Gasteiger partial charge in [-0.3, -0.25) is 4.79 Å². The largest absolute Gasteiger partial charge is 0.389 e. The highest BCUT2D eigenvalue weighted by Crippen LogP contribution is 2.21. The molecule has 0 aromatic carbocycles. The van der Waals surface area contributed by atoms with Crippen LogP contribution in [0.2, 0.25) is 5.28 Å². The van der Waals surface area contributed by atoms with E-state index >= 15 is 0 Å². The number of amides is 1. The molecule has 0 atom stereocenters. The summed E-state index contributed by atoms with van der Waals surface area (Å²) in [7, 11) is 0. The summed E-state index contributed by atoms with van der Waals surface area (Å²) < 4.78 is 35.4. The molecule has 0 fully saturated rings. The molecule has 1 aromatic rings. The second kappa shape index (κ2) is 5.11. The van der Waals surface area contributed by atoms with Crippen molar-refractivity contribution in [2.45, 2.75) is 19.0 Å². The van der Waals surface area contributed by atoms with E-state index in [4.69, 9.17) is 11.6 Å². The van der Waals surface area contributed by atoms with Crippen molar-refractivity contribution in [3.05, 3.63) is 17.5 Å². The van der Waals surface area contributed by atoms with E-state index in [0.29, 0.717) is 0 Å². The smallest absolute Gasteiger partial charge is 0.311 e. The first-order chi connectivity index (χ1) is 7.37. The predicted octanol–water partition coefficient (Wildman–Crippen LogP) is 2.41. The number of anilines is 1. The maximum absolute atomic E-state index is 11.8. The molecule has 0 spiro atoms. The lowest BCUT2D eigenvalue weighted by molar-refractivity contribution is -0.142. The number of hydrogen-bond acceptors (Lipinski definition) is 3. The monoisotopic (exact) mass is 253 g/mol. The Morgan fingerprint density at radius 2 is 2.19 bits per heavy atom. The van der Waals surface area contributed by atoms with Gasteiger partial charge in [0.05, 0.1) is 6.42 Å². The number of carbonyl (C=O) groups is 1. The molecule has 1 N–H and O–H groups in total. The van der Waals surface area contributed by atoms with Crippen LogP contribution in [0.5, 0.6) is 0 Å². The molecule has 1 amide bonds. The van der Waals surface area contributed by atoms with Crippen LogP contribution < -0.4 is 5.32 Å². The van der Waals surface area contributed by atoms with Crippen molar-refractivity contribution < 1.29 is 18.0 Å². The summed E-state index contributed by atoms with van der Waals surface area (Å²) in [4.78, 5) is 18.2. The Hall–Kier alpha value is -1.37. The van der Waals surface area contributed by atoms with Crippen molar-refractivity contribution in [1.29, 1.82) is 0 Å². The van der Waals surface area contributed by atoms with Gasteiger partial charge in [0, 0.05) is 12.6 Å². The number of aromatic nitrogens is 2. The average Bonchev–Trinajstić information content (AvgIpc) is 2.14. The van der Waals surface area contributed by atoms with Gasteiger partial charge in [-0.2, -0.15) is 13.2 Å². The van der Waals surface area contributed by atoms with Gasteiger partial charge in [-0.25, -0.2) is 9.97 Å². The molecule has 0 aliphatic rings. The molecule has 4 nitrogen and oxygen atoms in total. The Labute approximate surface area is 93.8 Å². The third kappa shape index (κ3) is 4.92. The van der Waals surface area contributed by atoms with Crippen LogP contribution in [0.1, 0.15) is 12.8 Å². The number of carbonyl (C=O) groups excluding carboxylic acids is 1. The molecule has 0 aliphatic heterocycles. The van der Waals surface area contributed by atoms with Crippen LogP contribution in [0, 0.1) is 0 Å². The molecular weight excluding hydrogens is 247 g/mol. The summed E-state index contributed by atoms with van der Waals surface area (Å²) in [5.74, 6) is -0.695. The summed E-state index contributed by atoms with van der Waals surface area (Å²) in [5, 5.41) is 2.09. The Bertz CT molecular complexity index is 383. The molecule has 8 heteroatoms. The SMILES string of the molecule is O=C(CCC(F)(F)F)Nc1ccnc(Cl)n1. The maximum Gasteiger partial charge on any atom is 0.389 e. The molecular formula is C8H7ClF3N3O. The van der Waals surface area contributed by atoms with Crippen molar-refractivity contribution >= 4 is 23.3 Å². The molecule has 0 saturated carbocycles. The highest BCUT2D eigenvalue weighted by atomic mass is 35.5. The third-order valence-corrected chi connectivity index (χ3v) is 1.71. The first kappa shape index (κ1) is 12.7. The quantitative estimate of drug-likeness (QED) is 0.842. The summed E-state index contributed by atoms with van der Waals surface area (Å²) >= 11 is 5.42. The zero-order valence-electron chi connectivity index (χ0n) is 7.88. The van der Waals surface area contributed by atoms with Crippen LogP contribution in [0.3, 0.4) is 0 Å². The second-order valence-electron chi connectivity index (χ2n) is 2.87. The van der Waals surface area contributed by atoms with E-state index < -0.39 is 24.9 Å². The van der Waals surface area contributed by atoms with Gasteiger partial charge in [0.25, 0.3) is 0 Å². The molecule has 0 aliphatic carbocycles. The Morgan fingerprint density at radius 1 is 1.50 bits per heavy atom. The lowest BCUT2D eigenvalue weighted by atomic mass is 10.3. The van der Waals surface area contributed by atoms with Crippen LogP contribution in [0.15, 0.2) is 12.3 Å². The minimum absolute atomic E-state index is 0.0761. The van der Waals surface area contributed by atoms with Crippen molar-refractivity contribution in [3.63, 3.8) is 0 Å². The summed E-state index contributed by atoms with van der Waals surface area (Å²) in [5.41, 5.74) is 0. The van der Waals surface area contributed by atoms with E-state index in [-0.39, 0.29) is 11.1 Å². The van der Waals surface area contributed by atoms with Crippen LogP contribution in [-0.2, 0) is 4.79 Å².